The quantitative estimate of drug-likeness (QED) is 0.461. The van der Waals surface area contributed by atoms with Gasteiger partial charge in [-0.05, 0) is 54.6 Å². The molecule has 1 amide bonds. The minimum atomic E-state index is -0.105. The number of hydrogen-bond donors (Lipinski definition) is 1. The maximum atomic E-state index is 11.4. The molecule has 0 spiro atoms. The third-order valence-corrected chi connectivity index (χ3v) is 4.77. The second-order valence-corrected chi connectivity index (χ2v) is 7.24. The third kappa shape index (κ3) is 3.92. The van der Waals surface area contributed by atoms with Crippen LogP contribution in [-0.4, -0.2) is 15.5 Å². The predicted octanol–water partition coefficient (Wildman–Crippen LogP) is 5.33. The summed E-state index contributed by atoms with van der Waals surface area (Å²) in [4.78, 5) is 16.2. The van der Waals surface area contributed by atoms with Crippen molar-refractivity contribution in [2.45, 2.75) is 13.5 Å². The lowest BCUT2D eigenvalue weighted by Gasteiger charge is -2.12. The van der Waals surface area contributed by atoms with Crippen LogP contribution >= 0.6 is 15.9 Å². The lowest BCUT2D eigenvalue weighted by molar-refractivity contribution is -0.114. The molecule has 140 valence electrons. The summed E-state index contributed by atoms with van der Waals surface area (Å²) in [6.07, 6.45) is 0. The van der Waals surface area contributed by atoms with Crippen LogP contribution in [0.3, 0.4) is 0 Å². The van der Waals surface area contributed by atoms with Crippen molar-refractivity contribution in [3.63, 3.8) is 0 Å². The number of amides is 1. The molecule has 0 atom stereocenters. The van der Waals surface area contributed by atoms with Crippen LogP contribution in [-0.2, 0) is 11.4 Å². The van der Waals surface area contributed by atoms with Gasteiger partial charge in [0.25, 0.3) is 0 Å². The highest BCUT2D eigenvalue weighted by Crippen LogP contribution is 2.25. The Morgan fingerprint density at radius 3 is 2.64 bits per heavy atom. The first-order valence-corrected chi connectivity index (χ1v) is 9.62. The monoisotopic (exact) mass is 435 g/mol. The molecule has 1 N–H and O–H groups in total. The van der Waals surface area contributed by atoms with Crippen molar-refractivity contribution >= 4 is 38.6 Å². The van der Waals surface area contributed by atoms with Gasteiger partial charge < -0.3 is 10.1 Å². The highest BCUT2D eigenvalue weighted by Gasteiger charge is 2.13. The van der Waals surface area contributed by atoms with Gasteiger partial charge in [-0.25, -0.2) is 4.98 Å². The second-order valence-electron chi connectivity index (χ2n) is 6.33. The molecular formula is C22H18BrN3O2. The first kappa shape index (κ1) is 18.3. The Balaban J connectivity index is 1.73. The fourth-order valence-corrected chi connectivity index (χ4v) is 3.33. The molecule has 3 aromatic carbocycles. The number of carbonyl (C=O) groups excluding carboxylic acids is 1. The van der Waals surface area contributed by atoms with Crippen molar-refractivity contribution in [2.75, 3.05) is 5.32 Å². The minimum absolute atomic E-state index is 0.105. The Labute approximate surface area is 171 Å². The first-order chi connectivity index (χ1) is 13.6. The predicted molar refractivity (Wildman–Crippen MR) is 114 cm³/mol. The van der Waals surface area contributed by atoms with E-state index in [1.54, 1.807) is 0 Å². The molecule has 1 heterocycles. The molecule has 4 rings (SSSR count). The summed E-state index contributed by atoms with van der Waals surface area (Å²) in [5, 5.41) is 2.83. The van der Waals surface area contributed by atoms with E-state index in [-0.39, 0.29) is 5.91 Å². The molecule has 0 fully saturated rings. The zero-order valence-electron chi connectivity index (χ0n) is 15.2. The van der Waals surface area contributed by atoms with Crippen molar-refractivity contribution in [2.24, 2.45) is 0 Å². The maximum Gasteiger partial charge on any atom is 0.221 e. The van der Waals surface area contributed by atoms with E-state index in [9.17, 15) is 4.79 Å². The van der Waals surface area contributed by atoms with E-state index >= 15 is 0 Å². The number of aromatic nitrogens is 2. The Bertz CT molecular complexity index is 1140. The molecule has 0 unspecified atom stereocenters. The number of anilines is 1. The number of halogens is 1. The number of para-hydroxylation sites is 2. The normalized spacial score (nSPS) is 10.8. The largest absolute Gasteiger partial charge is 0.486 e. The van der Waals surface area contributed by atoms with Gasteiger partial charge in [0.2, 0.25) is 5.91 Å². The number of fused-ring (bicyclic) bond motifs is 1. The van der Waals surface area contributed by atoms with E-state index in [4.69, 9.17) is 9.72 Å². The average molecular weight is 436 g/mol. The number of hydrogen-bond acceptors (Lipinski definition) is 3. The van der Waals surface area contributed by atoms with E-state index in [0.29, 0.717) is 6.61 Å². The summed E-state index contributed by atoms with van der Waals surface area (Å²) in [6.45, 7) is 1.82. The summed E-state index contributed by atoms with van der Waals surface area (Å²) in [5.41, 5.74) is 3.52. The highest BCUT2D eigenvalue weighted by atomic mass is 79.9. The van der Waals surface area contributed by atoms with E-state index in [1.807, 2.05) is 72.8 Å². The van der Waals surface area contributed by atoms with Crippen LogP contribution in [0.5, 0.6) is 5.75 Å². The zero-order valence-corrected chi connectivity index (χ0v) is 16.8. The molecule has 28 heavy (non-hydrogen) atoms. The molecule has 0 saturated carbocycles. The molecule has 0 aliphatic carbocycles. The van der Waals surface area contributed by atoms with Crippen molar-refractivity contribution in [3.05, 3.63) is 83.1 Å². The van der Waals surface area contributed by atoms with Crippen LogP contribution < -0.4 is 10.1 Å². The number of ether oxygens (including phenoxy) is 1. The van der Waals surface area contributed by atoms with Gasteiger partial charge in [-0.15, -0.1) is 0 Å². The van der Waals surface area contributed by atoms with Crippen LogP contribution in [0.1, 0.15) is 12.7 Å². The van der Waals surface area contributed by atoms with E-state index in [2.05, 4.69) is 25.8 Å². The Kier molecular flexibility index (Phi) is 5.12. The first-order valence-electron chi connectivity index (χ1n) is 8.83. The smallest absolute Gasteiger partial charge is 0.221 e. The van der Waals surface area contributed by atoms with Crippen molar-refractivity contribution in [1.82, 2.24) is 9.55 Å². The third-order valence-electron chi connectivity index (χ3n) is 4.24. The van der Waals surface area contributed by atoms with Crippen LogP contribution in [0.25, 0.3) is 16.7 Å². The topological polar surface area (TPSA) is 56.2 Å². The molecular weight excluding hydrogens is 418 g/mol. The molecule has 4 aromatic rings. The summed E-state index contributed by atoms with van der Waals surface area (Å²) < 4.78 is 9.02. The van der Waals surface area contributed by atoms with Gasteiger partial charge in [0.05, 0.1) is 11.0 Å². The Hall–Kier alpha value is -3.12. The van der Waals surface area contributed by atoms with Crippen LogP contribution in [0.15, 0.2) is 77.3 Å². The molecule has 0 saturated heterocycles. The average Bonchev–Trinajstić information content (AvgIpc) is 3.05. The second kappa shape index (κ2) is 7.86. The maximum absolute atomic E-state index is 11.4. The molecule has 6 heteroatoms. The highest BCUT2D eigenvalue weighted by molar-refractivity contribution is 9.10. The number of imidazole rings is 1. The molecule has 0 aliphatic rings. The molecule has 0 aliphatic heterocycles. The number of nitrogens with one attached hydrogen (secondary N) is 1. The van der Waals surface area contributed by atoms with E-state index < -0.39 is 0 Å². The van der Waals surface area contributed by atoms with Crippen molar-refractivity contribution in [3.8, 4) is 11.4 Å². The van der Waals surface area contributed by atoms with Crippen LogP contribution in [0.4, 0.5) is 5.69 Å². The Morgan fingerprint density at radius 1 is 1.07 bits per heavy atom. The van der Waals surface area contributed by atoms with E-state index in [1.165, 1.54) is 6.92 Å². The molecule has 5 nitrogen and oxygen atoms in total. The fourth-order valence-electron chi connectivity index (χ4n) is 3.07. The lowest BCUT2D eigenvalue weighted by atomic mass is 10.2. The van der Waals surface area contributed by atoms with Gasteiger partial charge in [-0.2, -0.15) is 0 Å². The van der Waals surface area contributed by atoms with Crippen LogP contribution in [0.2, 0.25) is 0 Å². The van der Waals surface area contributed by atoms with Crippen LogP contribution in [0, 0.1) is 0 Å². The summed E-state index contributed by atoms with van der Waals surface area (Å²) >= 11 is 3.43. The van der Waals surface area contributed by atoms with Crippen molar-refractivity contribution in [1.29, 1.82) is 0 Å². The van der Waals surface area contributed by atoms with Gasteiger partial charge in [-0.1, -0.05) is 34.1 Å². The van der Waals surface area contributed by atoms with Gasteiger partial charge in [0, 0.05) is 22.8 Å². The number of benzene rings is 3. The number of carbonyl (C=O) groups is 1. The summed E-state index contributed by atoms with van der Waals surface area (Å²) in [7, 11) is 0. The molecule has 0 bridgehead atoms. The van der Waals surface area contributed by atoms with Crippen molar-refractivity contribution < 1.29 is 9.53 Å². The Morgan fingerprint density at radius 2 is 1.86 bits per heavy atom. The standard InChI is InChI=1S/C22H18BrN3O2/c1-15(27)24-17-5-4-6-18(13-17)26-21-8-3-2-7-20(21)25-22(26)14-28-19-11-9-16(23)10-12-19/h2-13H,14H2,1H3,(H,24,27). The van der Waals surface area contributed by atoms with E-state index in [0.717, 1.165) is 38.5 Å². The fraction of sp³-hybridized carbons (Fsp3) is 0.0909. The number of nitrogens with zero attached hydrogens (tertiary/aromatic N) is 2. The summed E-state index contributed by atoms with van der Waals surface area (Å²) in [5.74, 6) is 1.45. The minimum Gasteiger partial charge on any atom is -0.486 e. The molecule has 1 aromatic heterocycles. The van der Waals surface area contributed by atoms with Gasteiger partial charge in [0.1, 0.15) is 12.4 Å². The SMILES string of the molecule is CC(=O)Nc1cccc(-n2c(COc3ccc(Br)cc3)nc3ccccc32)c1. The zero-order chi connectivity index (χ0) is 19.5. The van der Waals surface area contributed by atoms with Gasteiger partial charge in [-0.3, -0.25) is 9.36 Å². The van der Waals surface area contributed by atoms with Gasteiger partial charge >= 0.3 is 0 Å². The summed E-state index contributed by atoms with van der Waals surface area (Å²) in [6, 6.07) is 23.3. The lowest BCUT2D eigenvalue weighted by Crippen LogP contribution is -2.08. The molecule has 0 radical (unpaired) electrons. The van der Waals surface area contributed by atoms with Gasteiger partial charge in [0.15, 0.2) is 5.82 Å². The number of rotatable bonds is 5.